The van der Waals surface area contributed by atoms with E-state index in [4.69, 9.17) is 34.0 Å². The molecule has 6 rings (SSSR count). The minimum absolute atomic E-state index is 0.0457. The van der Waals surface area contributed by atoms with Gasteiger partial charge in [-0.1, -0.05) is 29.7 Å². The molecule has 3 nitrogen and oxygen atoms in total. The molecule has 5 aliphatic rings. The van der Waals surface area contributed by atoms with Gasteiger partial charge in [-0.15, -0.1) is 11.6 Å². The molecule has 1 aromatic carbocycles. The van der Waals surface area contributed by atoms with Gasteiger partial charge in [-0.25, -0.2) is 4.89 Å². The zero-order chi connectivity index (χ0) is 15.9. The normalized spacial score (nSPS) is 50.3. The summed E-state index contributed by atoms with van der Waals surface area (Å²) in [5.41, 5.74) is 1.23. The highest BCUT2D eigenvalue weighted by Gasteiger charge is 2.78. The van der Waals surface area contributed by atoms with Crippen molar-refractivity contribution in [1.82, 2.24) is 0 Å². The van der Waals surface area contributed by atoms with Gasteiger partial charge in [0.05, 0.1) is 0 Å². The van der Waals surface area contributed by atoms with E-state index < -0.39 is 11.4 Å². The molecule has 3 unspecified atom stereocenters. The van der Waals surface area contributed by atoms with Crippen molar-refractivity contribution in [3.8, 4) is 0 Å². The number of rotatable bonds is 2. The number of hydrogen-bond acceptors (Lipinski definition) is 3. The van der Waals surface area contributed by atoms with Crippen molar-refractivity contribution < 1.29 is 14.5 Å². The number of hydrogen-bond donors (Lipinski definition) is 0. The van der Waals surface area contributed by atoms with Gasteiger partial charge in [0, 0.05) is 17.5 Å². The van der Waals surface area contributed by atoms with Crippen molar-refractivity contribution in [2.45, 2.75) is 48.4 Å². The van der Waals surface area contributed by atoms with Crippen LogP contribution in [0.5, 0.6) is 0 Å². The van der Waals surface area contributed by atoms with Crippen LogP contribution >= 0.6 is 11.6 Å². The summed E-state index contributed by atoms with van der Waals surface area (Å²) in [5.74, 6) is 0.608. The Balaban J connectivity index is 1.63. The summed E-state index contributed by atoms with van der Waals surface area (Å²) < 4.78 is 5.98. The molecule has 5 heteroatoms. The van der Waals surface area contributed by atoms with Crippen molar-refractivity contribution in [3.63, 3.8) is 0 Å². The standard InChI is InChI=1S/C18H20BClO3/c1-21-18(12-3-2-4-15(19)7-12)17(22-23-18)13-5-11-6-14(17)10-16(20,8-11)9-13/h2-4,7,11,13-14H,5-6,8-10H2,1H3. The number of benzene rings is 1. The lowest BCUT2D eigenvalue weighted by molar-refractivity contribution is -0.645. The Morgan fingerprint density at radius 2 is 1.91 bits per heavy atom. The summed E-state index contributed by atoms with van der Waals surface area (Å²) in [6, 6.07) is 7.78. The second-order valence-electron chi connectivity index (χ2n) is 7.90. The number of ether oxygens (including phenoxy) is 1. The van der Waals surface area contributed by atoms with E-state index in [1.807, 2.05) is 24.3 Å². The fourth-order valence-corrected chi connectivity index (χ4v) is 6.68. The van der Waals surface area contributed by atoms with E-state index in [0.29, 0.717) is 17.3 Å². The Kier molecular flexibility index (Phi) is 2.92. The van der Waals surface area contributed by atoms with Gasteiger partial charge in [0.2, 0.25) is 0 Å². The minimum atomic E-state index is -0.863. The molecule has 23 heavy (non-hydrogen) atoms. The third-order valence-electron chi connectivity index (χ3n) is 6.69. The monoisotopic (exact) mass is 330 g/mol. The first-order valence-corrected chi connectivity index (χ1v) is 8.86. The quantitative estimate of drug-likeness (QED) is 0.474. The molecular formula is C18H20BClO3. The Morgan fingerprint density at radius 3 is 2.43 bits per heavy atom. The highest BCUT2D eigenvalue weighted by atomic mass is 35.5. The van der Waals surface area contributed by atoms with Gasteiger partial charge in [-0.05, 0) is 49.9 Å². The van der Waals surface area contributed by atoms with Crippen molar-refractivity contribution in [3.05, 3.63) is 29.8 Å². The van der Waals surface area contributed by atoms with E-state index in [2.05, 4.69) is 0 Å². The van der Waals surface area contributed by atoms with Crippen molar-refractivity contribution in [1.29, 1.82) is 0 Å². The van der Waals surface area contributed by atoms with Gasteiger partial charge in [0.25, 0.3) is 5.79 Å². The van der Waals surface area contributed by atoms with Crippen LogP contribution in [0, 0.1) is 17.8 Å². The fourth-order valence-electron chi connectivity index (χ4n) is 6.09. The van der Waals surface area contributed by atoms with Gasteiger partial charge in [0.15, 0.2) is 5.60 Å². The predicted octanol–water partition coefficient (Wildman–Crippen LogP) is 2.80. The van der Waals surface area contributed by atoms with Crippen molar-refractivity contribution >= 4 is 24.9 Å². The molecule has 0 amide bonds. The molecule has 2 radical (unpaired) electrons. The van der Waals surface area contributed by atoms with Crippen LogP contribution in [0.4, 0.5) is 0 Å². The lowest BCUT2D eigenvalue weighted by Gasteiger charge is -2.70. The van der Waals surface area contributed by atoms with E-state index in [1.165, 1.54) is 0 Å². The first-order valence-electron chi connectivity index (χ1n) is 8.48. The smallest absolute Gasteiger partial charge is 0.260 e. The van der Waals surface area contributed by atoms with E-state index in [0.717, 1.165) is 43.6 Å². The Hall–Kier alpha value is -0.545. The molecular weight excluding hydrogens is 310 g/mol. The van der Waals surface area contributed by atoms with Crippen LogP contribution in [0.15, 0.2) is 24.3 Å². The van der Waals surface area contributed by atoms with Gasteiger partial charge in [-0.3, -0.25) is 0 Å². The molecule has 1 spiro atoms. The maximum atomic E-state index is 6.89. The molecule has 120 valence electrons. The Labute approximate surface area is 143 Å². The topological polar surface area (TPSA) is 27.7 Å². The van der Waals surface area contributed by atoms with Crippen LogP contribution in [0.1, 0.15) is 37.7 Å². The van der Waals surface area contributed by atoms with E-state index in [1.54, 1.807) is 7.11 Å². The fraction of sp³-hybridized carbons (Fsp3) is 0.667. The van der Waals surface area contributed by atoms with Gasteiger partial charge in [0.1, 0.15) is 7.85 Å². The summed E-state index contributed by atoms with van der Waals surface area (Å²) in [7, 11) is 7.70. The van der Waals surface area contributed by atoms with Gasteiger partial charge >= 0.3 is 0 Å². The number of methoxy groups -OCH3 is 1. The average molecular weight is 331 g/mol. The molecule has 4 bridgehead atoms. The SMILES string of the molecule is [B]c1cccc(C2(OC)OOC23C2CC4CC3CC(Cl)(C4)C2)c1. The molecule has 5 fully saturated rings. The van der Waals surface area contributed by atoms with E-state index in [9.17, 15) is 0 Å². The predicted molar refractivity (Wildman–Crippen MR) is 87.6 cm³/mol. The minimum Gasteiger partial charge on any atom is -0.345 e. The largest absolute Gasteiger partial charge is 0.345 e. The van der Waals surface area contributed by atoms with Crippen LogP contribution in [0.25, 0.3) is 0 Å². The number of halogens is 1. The zero-order valence-corrected chi connectivity index (χ0v) is 14.0. The molecule has 1 aliphatic heterocycles. The van der Waals surface area contributed by atoms with Gasteiger partial charge < -0.3 is 4.74 Å². The first kappa shape index (κ1) is 14.8. The zero-order valence-electron chi connectivity index (χ0n) is 13.3. The lowest BCUT2D eigenvalue weighted by Crippen LogP contribution is -2.78. The van der Waals surface area contributed by atoms with E-state index >= 15 is 0 Å². The second-order valence-corrected chi connectivity index (χ2v) is 8.70. The molecule has 4 saturated carbocycles. The average Bonchev–Trinajstić information content (AvgIpc) is 2.45. The molecule has 3 atom stereocenters. The van der Waals surface area contributed by atoms with Crippen LogP contribution in [-0.4, -0.2) is 25.4 Å². The summed E-state index contributed by atoms with van der Waals surface area (Å²) in [6.45, 7) is 0. The van der Waals surface area contributed by atoms with Crippen LogP contribution in [0.2, 0.25) is 0 Å². The second kappa shape index (κ2) is 4.54. The summed E-state index contributed by atoms with van der Waals surface area (Å²) in [5, 5.41) is 0. The lowest BCUT2D eigenvalue weighted by atomic mass is 9.46. The van der Waals surface area contributed by atoms with Crippen LogP contribution in [-0.2, 0) is 20.3 Å². The molecule has 0 aromatic heterocycles. The molecule has 4 aliphatic carbocycles. The van der Waals surface area contributed by atoms with Crippen molar-refractivity contribution in [2.75, 3.05) is 7.11 Å². The Morgan fingerprint density at radius 1 is 1.17 bits per heavy atom. The Bertz CT molecular complexity index is 645. The highest BCUT2D eigenvalue weighted by Crippen LogP contribution is 2.71. The molecule has 0 N–H and O–H groups in total. The molecule has 1 heterocycles. The molecule has 1 aromatic rings. The third-order valence-corrected chi connectivity index (χ3v) is 7.16. The third kappa shape index (κ3) is 1.68. The first-order chi connectivity index (χ1) is 11.0. The van der Waals surface area contributed by atoms with Crippen LogP contribution < -0.4 is 5.46 Å². The number of alkyl halides is 1. The summed E-state index contributed by atoms with van der Waals surface area (Å²) in [6.07, 6.45) is 5.43. The van der Waals surface area contributed by atoms with Gasteiger partial charge in [-0.2, -0.15) is 4.89 Å². The molecule has 1 saturated heterocycles. The summed E-state index contributed by atoms with van der Waals surface area (Å²) >= 11 is 6.89. The van der Waals surface area contributed by atoms with Crippen molar-refractivity contribution in [2.24, 2.45) is 17.8 Å². The summed E-state index contributed by atoms with van der Waals surface area (Å²) in [4.78, 5) is 11.6. The maximum absolute atomic E-state index is 6.89. The van der Waals surface area contributed by atoms with Crippen LogP contribution in [0.3, 0.4) is 0 Å². The maximum Gasteiger partial charge on any atom is 0.260 e. The highest BCUT2D eigenvalue weighted by molar-refractivity contribution is 6.32. The van der Waals surface area contributed by atoms with E-state index in [-0.39, 0.29) is 4.87 Å².